The number of aliphatic hydroxyl groups excluding tert-OH is 1. The fourth-order valence-electron chi connectivity index (χ4n) is 1.35. The molecule has 1 N–H and O–H groups in total. The molecule has 84 valence electrons. The Morgan fingerprint density at radius 1 is 1.53 bits per heavy atom. The average Bonchev–Trinajstić information content (AvgIpc) is 2.54. The van der Waals surface area contributed by atoms with E-state index in [4.69, 9.17) is 0 Å². The van der Waals surface area contributed by atoms with Gasteiger partial charge < -0.3 is 14.6 Å². The van der Waals surface area contributed by atoms with Crippen LogP contribution in [0.1, 0.15) is 25.7 Å². The number of aliphatic hydroxyl groups is 1. The van der Waals surface area contributed by atoms with Crippen molar-refractivity contribution in [2.24, 2.45) is 0 Å². The van der Waals surface area contributed by atoms with Crippen LogP contribution in [0.3, 0.4) is 0 Å². The molecule has 5 nitrogen and oxygen atoms in total. The standard InChI is InChI=1S/C10H14O5/c1-14-9(12)5-3-2-4-7-8(11)6-15-10(7)13/h11H,2-6H2,1H3. The third-order valence-electron chi connectivity index (χ3n) is 2.22. The van der Waals surface area contributed by atoms with Gasteiger partial charge in [0.1, 0.15) is 12.4 Å². The maximum atomic E-state index is 11.0. The molecule has 0 amide bonds. The highest BCUT2D eigenvalue weighted by molar-refractivity contribution is 5.91. The Balaban J connectivity index is 2.23. The highest BCUT2D eigenvalue weighted by atomic mass is 16.5. The van der Waals surface area contributed by atoms with Crippen LogP contribution in [0.2, 0.25) is 0 Å². The highest BCUT2D eigenvalue weighted by Crippen LogP contribution is 2.19. The zero-order valence-electron chi connectivity index (χ0n) is 8.62. The van der Waals surface area contributed by atoms with Gasteiger partial charge in [0.15, 0.2) is 0 Å². The van der Waals surface area contributed by atoms with Crippen molar-refractivity contribution in [3.05, 3.63) is 11.3 Å². The monoisotopic (exact) mass is 214 g/mol. The topological polar surface area (TPSA) is 72.8 Å². The van der Waals surface area contributed by atoms with E-state index < -0.39 is 5.97 Å². The van der Waals surface area contributed by atoms with Gasteiger partial charge in [-0.25, -0.2) is 4.79 Å². The van der Waals surface area contributed by atoms with Gasteiger partial charge in [-0.15, -0.1) is 0 Å². The van der Waals surface area contributed by atoms with Crippen molar-refractivity contribution in [2.45, 2.75) is 25.7 Å². The molecule has 1 aliphatic heterocycles. The fourth-order valence-corrected chi connectivity index (χ4v) is 1.35. The molecule has 0 fully saturated rings. The first-order valence-electron chi connectivity index (χ1n) is 4.80. The zero-order chi connectivity index (χ0) is 11.3. The molecule has 15 heavy (non-hydrogen) atoms. The number of carbonyl (C=O) groups excluding carboxylic acids is 2. The molecule has 1 rings (SSSR count). The summed E-state index contributed by atoms with van der Waals surface area (Å²) in [5.74, 6) is -0.703. The Morgan fingerprint density at radius 3 is 2.80 bits per heavy atom. The van der Waals surface area contributed by atoms with Gasteiger partial charge in [-0.05, 0) is 19.3 Å². The molecule has 0 saturated heterocycles. The quantitative estimate of drug-likeness (QED) is 0.547. The summed E-state index contributed by atoms with van der Waals surface area (Å²) in [7, 11) is 1.34. The van der Waals surface area contributed by atoms with Gasteiger partial charge in [-0.1, -0.05) is 0 Å². The van der Waals surface area contributed by atoms with Crippen molar-refractivity contribution in [3.63, 3.8) is 0 Å². The normalized spacial score (nSPS) is 15.4. The Bertz CT molecular complexity index is 292. The molecule has 0 bridgehead atoms. The Kier molecular flexibility index (Phi) is 4.15. The lowest BCUT2D eigenvalue weighted by Gasteiger charge is -2.00. The Morgan fingerprint density at radius 2 is 2.27 bits per heavy atom. The predicted molar refractivity (Wildman–Crippen MR) is 51.1 cm³/mol. The van der Waals surface area contributed by atoms with E-state index in [0.29, 0.717) is 31.3 Å². The lowest BCUT2D eigenvalue weighted by atomic mass is 10.1. The number of rotatable bonds is 5. The molecule has 1 heterocycles. The molecule has 1 aliphatic rings. The van der Waals surface area contributed by atoms with E-state index in [2.05, 4.69) is 9.47 Å². The molecule has 0 atom stereocenters. The predicted octanol–water partition coefficient (Wildman–Crippen LogP) is 1.09. The maximum Gasteiger partial charge on any atom is 0.337 e. The third-order valence-corrected chi connectivity index (χ3v) is 2.22. The number of cyclic esters (lactones) is 1. The number of esters is 2. The van der Waals surface area contributed by atoms with Crippen LogP contribution < -0.4 is 0 Å². The molecule has 5 heteroatoms. The largest absolute Gasteiger partial charge is 0.508 e. The van der Waals surface area contributed by atoms with Gasteiger partial charge in [-0.3, -0.25) is 4.79 Å². The van der Waals surface area contributed by atoms with Crippen molar-refractivity contribution in [2.75, 3.05) is 13.7 Å². The summed E-state index contributed by atoms with van der Waals surface area (Å²) in [6.07, 6.45) is 2.07. The zero-order valence-corrected chi connectivity index (χ0v) is 8.62. The lowest BCUT2D eigenvalue weighted by molar-refractivity contribution is -0.140. The molecule has 0 aliphatic carbocycles. The number of hydrogen-bond donors (Lipinski definition) is 1. The number of hydrogen-bond acceptors (Lipinski definition) is 5. The van der Waals surface area contributed by atoms with E-state index in [9.17, 15) is 14.7 Å². The van der Waals surface area contributed by atoms with Crippen LogP contribution in [-0.4, -0.2) is 30.8 Å². The van der Waals surface area contributed by atoms with Crippen LogP contribution >= 0.6 is 0 Å². The summed E-state index contributed by atoms with van der Waals surface area (Å²) >= 11 is 0. The second kappa shape index (κ2) is 5.38. The lowest BCUT2D eigenvalue weighted by Crippen LogP contribution is -2.02. The van der Waals surface area contributed by atoms with Crippen LogP contribution in [-0.2, 0) is 19.1 Å². The SMILES string of the molecule is COC(=O)CCCCC1=C(O)COC1=O. The summed E-state index contributed by atoms with van der Waals surface area (Å²) in [4.78, 5) is 21.8. The van der Waals surface area contributed by atoms with Crippen LogP contribution in [0.25, 0.3) is 0 Å². The second-order valence-electron chi connectivity index (χ2n) is 3.28. The van der Waals surface area contributed by atoms with E-state index in [1.807, 2.05) is 0 Å². The number of carbonyl (C=O) groups is 2. The Hall–Kier alpha value is -1.52. The first-order chi connectivity index (χ1) is 7.15. The summed E-state index contributed by atoms with van der Waals surface area (Å²) < 4.78 is 9.09. The summed E-state index contributed by atoms with van der Waals surface area (Å²) in [5.41, 5.74) is 0.333. The van der Waals surface area contributed by atoms with E-state index in [-0.39, 0.29) is 18.3 Å². The number of ether oxygens (including phenoxy) is 2. The third kappa shape index (κ3) is 3.27. The van der Waals surface area contributed by atoms with Crippen LogP contribution in [0.15, 0.2) is 11.3 Å². The number of unbranched alkanes of at least 4 members (excludes halogenated alkanes) is 1. The van der Waals surface area contributed by atoms with Gasteiger partial charge in [0, 0.05) is 6.42 Å². The van der Waals surface area contributed by atoms with Crippen LogP contribution in [0.4, 0.5) is 0 Å². The molecule has 0 radical (unpaired) electrons. The minimum Gasteiger partial charge on any atom is -0.508 e. The van der Waals surface area contributed by atoms with E-state index in [0.717, 1.165) is 0 Å². The molecule has 0 saturated carbocycles. The van der Waals surface area contributed by atoms with Gasteiger partial charge in [0.05, 0.1) is 12.7 Å². The van der Waals surface area contributed by atoms with Gasteiger partial charge >= 0.3 is 11.9 Å². The van der Waals surface area contributed by atoms with E-state index >= 15 is 0 Å². The summed E-state index contributed by atoms with van der Waals surface area (Å²) in [6, 6.07) is 0. The Labute approximate surface area is 87.7 Å². The van der Waals surface area contributed by atoms with Crippen molar-refractivity contribution in [1.29, 1.82) is 0 Å². The van der Waals surface area contributed by atoms with Crippen LogP contribution in [0, 0.1) is 0 Å². The first kappa shape index (κ1) is 11.6. The van der Waals surface area contributed by atoms with Crippen molar-refractivity contribution < 1.29 is 24.2 Å². The van der Waals surface area contributed by atoms with Gasteiger partial charge in [-0.2, -0.15) is 0 Å². The van der Waals surface area contributed by atoms with Crippen molar-refractivity contribution in [1.82, 2.24) is 0 Å². The van der Waals surface area contributed by atoms with E-state index in [1.165, 1.54) is 7.11 Å². The molecular formula is C10H14O5. The second-order valence-corrected chi connectivity index (χ2v) is 3.28. The highest BCUT2D eigenvalue weighted by Gasteiger charge is 2.23. The number of methoxy groups -OCH3 is 1. The van der Waals surface area contributed by atoms with Crippen molar-refractivity contribution >= 4 is 11.9 Å². The minimum atomic E-state index is -0.453. The molecule has 0 unspecified atom stereocenters. The van der Waals surface area contributed by atoms with Gasteiger partial charge in [0.25, 0.3) is 0 Å². The summed E-state index contributed by atoms with van der Waals surface area (Å²) in [6.45, 7) is -0.0227. The molecular weight excluding hydrogens is 200 g/mol. The van der Waals surface area contributed by atoms with Crippen LogP contribution in [0.5, 0.6) is 0 Å². The molecule has 0 aromatic heterocycles. The molecule has 0 aromatic carbocycles. The van der Waals surface area contributed by atoms with Crippen molar-refractivity contribution in [3.8, 4) is 0 Å². The minimum absolute atomic E-state index is 0.0121. The first-order valence-corrected chi connectivity index (χ1v) is 4.80. The van der Waals surface area contributed by atoms with E-state index in [1.54, 1.807) is 0 Å². The smallest absolute Gasteiger partial charge is 0.337 e. The fraction of sp³-hybridized carbons (Fsp3) is 0.600. The summed E-state index contributed by atoms with van der Waals surface area (Å²) in [5, 5.41) is 9.26. The average molecular weight is 214 g/mol. The van der Waals surface area contributed by atoms with Gasteiger partial charge in [0.2, 0.25) is 0 Å². The maximum absolute atomic E-state index is 11.0. The molecule has 0 spiro atoms. The molecule has 0 aromatic rings.